The van der Waals surface area contributed by atoms with Gasteiger partial charge in [-0.2, -0.15) is 0 Å². The van der Waals surface area contributed by atoms with Crippen molar-refractivity contribution in [2.75, 3.05) is 0 Å². The molecule has 0 amide bonds. The van der Waals surface area contributed by atoms with Gasteiger partial charge in [0, 0.05) is 0 Å². The monoisotopic (exact) mass is 215 g/mol. The lowest BCUT2D eigenvalue weighted by Gasteiger charge is -1.97. The van der Waals surface area contributed by atoms with Crippen LogP contribution in [0.15, 0.2) is 6.07 Å². The molecule has 6 heteroatoms. The molecule has 0 radical (unpaired) electrons. The lowest BCUT2D eigenvalue weighted by molar-refractivity contribution is -0.392. The molecular formula is C8H10ClN3O2. The van der Waals surface area contributed by atoms with Crippen LogP contribution >= 0.6 is 11.6 Å². The number of aromatic nitrogens is 2. The van der Waals surface area contributed by atoms with Crippen LogP contribution < -0.4 is 0 Å². The molecule has 0 atom stereocenters. The summed E-state index contributed by atoms with van der Waals surface area (Å²) in [5, 5.41) is 14.6. The van der Waals surface area contributed by atoms with Gasteiger partial charge < -0.3 is 10.1 Å². The predicted octanol–water partition coefficient (Wildman–Crippen LogP) is 2.24. The zero-order chi connectivity index (χ0) is 10.1. The molecule has 2 rings (SSSR count). The van der Waals surface area contributed by atoms with E-state index >= 15 is 0 Å². The minimum atomic E-state index is -0.453. The molecule has 76 valence electrons. The first-order valence-corrected chi connectivity index (χ1v) is 4.92. The second-order valence-corrected chi connectivity index (χ2v) is 3.92. The van der Waals surface area contributed by atoms with Crippen LogP contribution in [0, 0.1) is 16.0 Å². The van der Waals surface area contributed by atoms with Crippen LogP contribution in [0.1, 0.15) is 19.3 Å². The van der Waals surface area contributed by atoms with Crippen molar-refractivity contribution >= 4 is 17.4 Å². The standard InChI is InChI=1S/C8H10ClN3O2/c9-7-5-8(12(13)14)11(10-7)4-3-6-1-2-6/h5-6H,1-4H2. The second-order valence-electron chi connectivity index (χ2n) is 3.54. The Kier molecular flexibility index (Phi) is 2.41. The van der Waals surface area contributed by atoms with E-state index in [1.54, 1.807) is 0 Å². The van der Waals surface area contributed by atoms with Gasteiger partial charge in [0.1, 0.15) is 6.54 Å². The Morgan fingerprint density at radius 3 is 3.00 bits per heavy atom. The number of halogens is 1. The van der Waals surface area contributed by atoms with Gasteiger partial charge in [-0.3, -0.25) is 0 Å². The summed E-state index contributed by atoms with van der Waals surface area (Å²) in [6.07, 6.45) is 3.43. The average Bonchev–Trinajstić information content (AvgIpc) is 2.86. The maximum atomic E-state index is 10.6. The molecule has 0 saturated heterocycles. The molecule has 1 aromatic rings. The average molecular weight is 216 g/mol. The second kappa shape index (κ2) is 3.57. The maximum Gasteiger partial charge on any atom is 0.346 e. The van der Waals surface area contributed by atoms with Crippen LogP contribution in [0.3, 0.4) is 0 Å². The number of hydrogen-bond donors (Lipinski definition) is 0. The summed E-state index contributed by atoms with van der Waals surface area (Å²) in [5.41, 5.74) is 0. The molecule has 5 nitrogen and oxygen atoms in total. The smallest absolute Gasteiger partial charge is 0.346 e. The van der Waals surface area contributed by atoms with Crippen molar-refractivity contribution in [1.82, 2.24) is 9.78 Å². The van der Waals surface area contributed by atoms with E-state index in [2.05, 4.69) is 5.10 Å². The Bertz CT molecular complexity index is 359. The first-order valence-electron chi connectivity index (χ1n) is 4.54. The van der Waals surface area contributed by atoms with Crippen molar-refractivity contribution in [2.24, 2.45) is 5.92 Å². The summed E-state index contributed by atoms with van der Waals surface area (Å²) < 4.78 is 1.38. The van der Waals surface area contributed by atoms with E-state index in [1.165, 1.54) is 23.6 Å². The zero-order valence-electron chi connectivity index (χ0n) is 7.52. The summed E-state index contributed by atoms with van der Waals surface area (Å²) in [5.74, 6) is 0.716. The summed E-state index contributed by atoms with van der Waals surface area (Å²) in [4.78, 5) is 10.1. The fourth-order valence-corrected chi connectivity index (χ4v) is 1.59. The highest BCUT2D eigenvalue weighted by molar-refractivity contribution is 6.29. The molecule has 0 unspecified atom stereocenters. The highest BCUT2D eigenvalue weighted by Gasteiger charge is 2.24. The molecular weight excluding hydrogens is 206 g/mol. The molecule has 0 aromatic carbocycles. The van der Waals surface area contributed by atoms with Gasteiger partial charge >= 0.3 is 5.82 Å². The first-order chi connectivity index (χ1) is 6.66. The quantitative estimate of drug-likeness (QED) is 0.572. The van der Waals surface area contributed by atoms with E-state index < -0.39 is 4.92 Å². The Morgan fingerprint density at radius 1 is 1.71 bits per heavy atom. The molecule has 1 aliphatic carbocycles. The van der Waals surface area contributed by atoms with Gasteiger partial charge in [-0.05, 0) is 17.3 Å². The van der Waals surface area contributed by atoms with E-state index in [4.69, 9.17) is 11.6 Å². The number of nitrogens with zero attached hydrogens (tertiary/aromatic N) is 3. The van der Waals surface area contributed by atoms with E-state index in [1.807, 2.05) is 0 Å². The Hall–Kier alpha value is -1.10. The number of aryl methyl sites for hydroxylation is 1. The minimum absolute atomic E-state index is 0.0179. The van der Waals surface area contributed by atoms with Crippen LogP contribution in [0.2, 0.25) is 5.15 Å². The van der Waals surface area contributed by atoms with E-state index in [9.17, 15) is 10.1 Å². The molecule has 1 saturated carbocycles. The van der Waals surface area contributed by atoms with Gasteiger partial charge in [-0.25, -0.2) is 0 Å². The molecule has 0 aliphatic heterocycles. The summed E-state index contributed by atoms with van der Waals surface area (Å²) in [7, 11) is 0. The molecule has 0 bridgehead atoms. The molecule has 0 N–H and O–H groups in total. The van der Waals surface area contributed by atoms with E-state index in [0.717, 1.165) is 12.3 Å². The third-order valence-electron chi connectivity index (χ3n) is 2.36. The maximum absolute atomic E-state index is 10.6. The van der Waals surface area contributed by atoms with Crippen molar-refractivity contribution in [1.29, 1.82) is 0 Å². The first kappa shape index (κ1) is 9.45. The fourth-order valence-electron chi connectivity index (χ4n) is 1.40. The van der Waals surface area contributed by atoms with Crippen molar-refractivity contribution in [3.05, 3.63) is 21.3 Å². The van der Waals surface area contributed by atoms with Crippen molar-refractivity contribution < 1.29 is 4.92 Å². The van der Waals surface area contributed by atoms with E-state index in [-0.39, 0.29) is 11.0 Å². The third kappa shape index (κ3) is 2.04. The lowest BCUT2D eigenvalue weighted by atomic mass is 10.3. The number of hydrogen-bond acceptors (Lipinski definition) is 3. The topological polar surface area (TPSA) is 61.0 Å². The van der Waals surface area contributed by atoms with Crippen molar-refractivity contribution in [3.63, 3.8) is 0 Å². The largest absolute Gasteiger partial charge is 0.358 e. The lowest BCUT2D eigenvalue weighted by Crippen LogP contribution is -2.05. The summed E-state index contributed by atoms with van der Waals surface area (Å²) in [6.45, 7) is 0.591. The summed E-state index contributed by atoms with van der Waals surface area (Å²) in [6, 6.07) is 1.29. The fraction of sp³-hybridized carbons (Fsp3) is 0.625. The van der Waals surface area contributed by atoms with Crippen LogP contribution in [0.4, 0.5) is 5.82 Å². The normalized spacial score (nSPS) is 15.8. The Labute approximate surface area is 85.8 Å². The molecule has 0 spiro atoms. The van der Waals surface area contributed by atoms with Gasteiger partial charge in [0.2, 0.25) is 0 Å². The molecule has 1 aliphatic rings. The zero-order valence-corrected chi connectivity index (χ0v) is 8.28. The van der Waals surface area contributed by atoms with Crippen LogP contribution in [0.5, 0.6) is 0 Å². The highest BCUT2D eigenvalue weighted by atomic mass is 35.5. The van der Waals surface area contributed by atoms with Crippen molar-refractivity contribution in [3.8, 4) is 0 Å². The number of nitro groups is 1. The molecule has 1 heterocycles. The van der Waals surface area contributed by atoms with Crippen LogP contribution in [0.25, 0.3) is 0 Å². The minimum Gasteiger partial charge on any atom is -0.358 e. The van der Waals surface area contributed by atoms with Gasteiger partial charge in [-0.1, -0.05) is 29.5 Å². The molecule has 1 fully saturated rings. The van der Waals surface area contributed by atoms with Gasteiger partial charge in [0.15, 0.2) is 5.15 Å². The van der Waals surface area contributed by atoms with Crippen LogP contribution in [-0.4, -0.2) is 14.7 Å². The third-order valence-corrected chi connectivity index (χ3v) is 2.55. The van der Waals surface area contributed by atoms with Crippen LogP contribution in [-0.2, 0) is 6.54 Å². The van der Waals surface area contributed by atoms with Crippen molar-refractivity contribution in [2.45, 2.75) is 25.8 Å². The number of rotatable bonds is 4. The SMILES string of the molecule is O=[N+]([O-])c1cc(Cl)nn1CCC1CC1. The molecule has 1 aromatic heterocycles. The summed E-state index contributed by atoms with van der Waals surface area (Å²) >= 11 is 5.60. The van der Waals surface area contributed by atoms with Gasteiger partial charge in [0.05, 0.1) is 6.07 Å². The Morgan fingerprint density at radius 2 is 2.43 bits per heavy atom. The Balaban J connectivity index is 2.09. The van der Waals surface area contributed by atoms with E-state index in [0.29, 0.717) is 6.54 Å². The molecule has 14 heavy (non-hydrogen) atoms. The van der Waals surface area contributed by atoms with Gasteiger partial charge in [-0.15, -0.1) is 4.68 Å². The van der Waals surface area contributed by atoms with Gasteiger partial charge in [0.25, 0.3) is 0 Å². The predicted molar refractivity (Wildman–Crippen MR) is 51.2 cm³/mol. The highest BCUT2D eigenvalue weighted by Crippen LogP contribution is 2.33.